The molecule has 1 heterocycles. The third kappa shape index (κ3) is 23.2. The van der Waals surface area contributed by atoms with Crippen molar-refractivity contribution >= 4 is 70.8 Å². The molecule has 1 unspecified atom stereocenters. The molecular formula is C64H113N11O13. The number of allylic oxidation sites excluding steroid dienone is 2. The van der Waals surface area contributed by atoms with Crippen LogP contribution < -0.4 is 21.3 Å². The van der Waals surface area contributed by atoms with Crippen LogP contribution in [0.25, 0.3) is 0 Å². The molecule has 0 aliphatic carbocycles. The molecule has 24 heteroatoms. The molecule has 0 saturated carbocycles. The van der Waals surface area contributed by atoms with Gasteiger partial charge in [0.1, 0.15) is 54.4 Å². The van der Waals surface area contributed by atoms with Gasteiger partial charge < -0.3 is 60.7 Å². The maximum Gasteiger partial charge on any atom is 0.253 e. The van der Waals surface area contributed by atoms with E-state index in [9.17, 15) is 57.8 Å². The van der Waals surface area contributed by atoms with Gasteiger partial charge in [-0.1, -0.05) is 102 Å². The van der Waals surface area contributed by atoms with E-state index in [0.717, 1.165) is 16.7 Å². The van der Waals surface area contributed by atoms with E-state index in [0.29, 0.717) is 0 Å². The zero-order chi connectivity index (χ0) is 68.3. The lowest BCUT2D eigenvalue weighted by Crippen LogP contribution is -2.63. The molecule has 0 bridgehead atoms. The van der Waals surface area contributed by atoms with E-state index in [2.05, 4.69) is 21.3 Å². The van der Waals surface area contributed by atoms with Crippen LogP contribution in [0.5, 0.6) is 0 Å². The highest BCUT2D eigenvalue weighted by molar-refractivity contribution is 6.08. The van der Waals surface area contributed by atoms with Crippen molar-refractivity contribution in [1.82, 2.24) is 55.6 Å². The average Bonchev–Trinajstić information content (AvgIpc) is 1.40. The Balaban J connectivity index is 4.41. The highest BCUT2D eigenvalue weighted by atomic mass is 16.3. The zero-order valence-corrected chi connectivity index (χ0v) is 57.7. The lowest BCUT2D eigenvalue weighted by atomic mass is 9.91. The molecule has 1 rings (SSSR count). The van der Waals surface area contributed by atoms with Gasteiger partial charge in [-0.2, -0.15) is 0 Å². The van der Waals surface area contributed by atoms with Crippen LogP contribution in [0.4, 0.5) is 0 Å². The van der Waals surface area contributed by atoms with Crippen molar-refractivity contribution in [1.29, 1.82) is 0 Å². The van der Waals surface area contributed by atoms with Gasteiger partial charge in [0, 0.05) is 49.3 Å². The summed E-state index contributed by atoms with van der Waals surface area (Å²) in [6, 6.07) is -13.4. The summed E-state index contributed by atoms with van der Waals surface area (Å²) in [5.41, 5.74) is 0. The molecule has 1 aliphatic heterocycles. The van der Waals surface area contributed by atoms with Gasteiger partial charge in [0.05, 0.1) is 12.6 Å². The number of aliphatic hydroxyl groups is 1. The minimum Gasteiger partial charge on any atom is -0.390 e. The molecule has 12 atom stereocenters. The van der Waals surface area contributed by atoms with Gasteiger partial charge in [-0.15, -0.1) is 0 Å². The van der Waals surface area contributed by atoms with Crippen LogP contribution in [0, 0.1) is 41.4 Å². The van der Waals surface area contributed by atoms with E-state index in [-0.39, 0.29) is 80.5 Å². The molecule has 5 N–H and O–H groups in total. The van der Waals surface area contributed by atoms with E-state index in [1.54, 1.807) is 26.0 Å². The summed E-state index contributed by atoms with van der Waals surface area (Å²) in [5.74, 6) is -11.0. The van der Waals surface area contributed by atoms with Gasteiger partial charge in [-0.05, 0) is 114 Å². The fourth-order valence-electron chi connectivity index (χ4n) is 10.8. The molecule has 502 valence electrons. The average molecular weight is 1240 g/mol. The second kappa shape index (κ2) is 36.3. The Hall–Kier alpha value is -6.46. The number of rotatable bonds is 17. The van der Waals surface area contributed by atoms with Gasteiger partial charge >= 0.3 is 0 Å². The van der Waals surface area contributed by atoms with Crippen molar-refractivity contribution in [2.45, 2.75) is 229 Å². The van der Waals surface area contributed by atoms with Crippen molar-refractivity contribution in [3.05, 3.63) is 12.2 Å². The lowest BCUT2D eigenvalue weighted by molar-refractivity contribution is -0.154. The quantitative estimate of drug-likeness (QED) is 0.103. The van der Waals surface area contributed by atoms with E-state index in [1.165, 1.54) is 87.7 Å². The molecule has 0 aromatic carbocycles. The highest BCUT2D eigenvalue weighted by Crippen LogP contribution is 2.25. The summed E-state index contributed by atoms with van der Waals surface area (Å²) in [6.45, 7) is 28.8. The molecule has 1 saturated heterocycles. The van der Waals surface area contributed by atoms with Crippen LogP contribution in [0.2, 0.25) is 0 Å². The number of nitrogens with zero attached hydrogens (tertiary/aromatic N) is 7. The second-order valence-corrected chi connectivity index (χ2v) is 27.1. The number of ketones is 1. The Kier molecular flexibility index (Phi) is 32.8. The van der Waals surface area contributed by atoms with Gasteiger partial charge in [0.2, 0.25) is 59.1 Å². The van der Waals surface area contributed by atoms with Crippen LogP contribution in [0.3, 0.4) is 0 Å². The van der Waals surface area contributed by atoms with Crippen LogP contribution in [-0.4, -0.2) is 233 Å². The van der Waals surface area contributed by atoms with Gasteiger partial charge in [-0.3, -0.25) is 57.5 Å². The summed E-state index contributed by atoms with van der Waals surface area (Å²) in [6.07, 6.45) is 2.79. The first-order valence-corrected chi connectivity index (χ1v) is 31.4. The Morgan fingerprint density at radius 2 is 0.818 bits per heavy atom. The van der Waals surface area contributed by atoms with Crippen molar-refractivity contribution < 1.29 is 62.6 Å². The molecule has 24 nitrogen and oxygen atoms in total. The van der Waals surface area contributed by atoms with Crippen LogP contribution >= 0.6 is 0 Å². The number of aliphatic hydroxyl groups excluding tert-OH is 1. The minimum absolute atomic E-state index is 0.0411. The Labute approximate surface area is 525 Å². The second-order valence-electron chi connectivity index (χ2n) is 27.1. The SMILES string of the molecule is C/C=C/C[C@@H](C)C(O)[C@H]1C(=O)N[C@@H](C(C)=O)C(=O)N(C)CC(=O)N(C)[C@@H](CC(C)C)C(=O)N(C)[C@@H](CC(C)C)C(=O)N(C)[C@@H](CC(C)C)C(=O)N[C@@H](C)C(=O)N[C@H](C)C(=O)N(C)[C@@H](CC(C)C)C(=O)N[C@@H](CC(C)C)C(=O)N(C)[C@@H](CC(C)C)C(=O)N1C. The largest absolute Gasteiger partial charge is 0.390 e. The number of Topliss-reactive ketones (excluding diaryl/α,β-unsaturated/α-hetero) is 1. The summed E-state index contributed by atoms with van der Waals surface area (Å²) in [7, 11) is 9.58. The third-order valence-electron chi connectivity index (χ3n) is 16.2. The zero-order valence-electron chi connectivity index (χ0n) is 57.7. The standard InChI is InChI=1S/C64H113N11O13/c1-25-26-27-41(14)54(78)53-58(82)68-52(44(17)76)64(88)69(18)34-51(77)70(19)48(31-38(8)9)61(85)74(23)49(32-39(10)11)62(86)72(21)46(29-36(4)5)56(80)65-42(15)55(79)66-43(16)59(83)71(20)47(30-37(6)7)57(81)67-45(28-35(2)3)60(84)73(22)50(33-40(12)13)63(87)75(53)24/h25-26,35-43,45-50,52-54,78H,27-34H2,1-24H3,(H,65,80)(H,66,79)(H,67,81)(H,68,82)/b26-25+/t41-,42+,43-,45+,46+,47+,48+,49+,50+,52+,53+,54?/m1/s1. The maximum absolute atomic E-state index is 15.2. The van der Waals surface area contributed by atoms with Gasteiger partial charge in [0.15, 0.2) is 11.8 Å². The fraction of sp³-hybridized carbons (Fsp3) is 0.781. The van der Waals surface area contributed by atoms with E-state index in [4.69, 9.17) is 0 Å². The van der Waals surface area contributed by atoms with Crippen molar-refractivity contribution in [2.75, 3.05) is 55.9 Å². The van der Waals surface area contributed by atoms with E-state index in [1.807, 2.05) is 83.1 Å². The first-order valence-electron chi connectivity index (χ1n) is 31.4. The maximum atomic E-state index is 15.2. The summed E-state index contributed by atoms with van der Waals surface area (Å²) >= 11 is 0. The number of amides is 11. The molecule has 11 amide bonds. The molecule has 0 spiro atoms. The minimum atomic E-state index is -1.94. The number of likely N-dealkylation sites (N-methyl/N-ethyl adjacent to an activating group) is 7. The predicted molar refractivity (Wildman–Crippen MR) is 338 cm³/mol. The first-order chi connectivity index (χ1) is 40.5. The van der Waals surface area contributed by atoms with Crippen LogP contribution in [0.15, 0.2) is 12.2 Å². The smallest absolute Gasteiger partial charge is 0.253 e. The molecule has 0 aromatic rings. The van der Waals surface area contributed by atoms with Crippen LogP contribution in [-0.2, 0) is 57.5 Å². The normalized spacial score (nSPS) is 26.4. The van der Waals surface area contributed by atoms with Crippen molar-refractivity contribution in [3.63, 3.8) is 0 Å². The molecule has 0 aromatic heterocycles. The monoisotopic (exact) mass is 1240 g/mol. The van der Waals surface area contributed by atoms with Crippen LogP contribution in [0.1, 0.15) is 163 Å². The first kappa shape index (κ1) is 79.6. The number of carbonyl (C=O) groups is 12. The number of hydrogen-bond acceptors (Lipinski definition) is 13. The summed E-state index contributed by atoms with van der Waals surface area (Å²) in [4.78, 5) is 182. The highest BCUT2D eigenvalue weighted by Gasteiger charge is 2.45. The number of hydrogen-bond donors (Lipinski definition) is 5. The predicted octanol–water partition coefficient (Wildman–Crippen LogP) is 3.23. The van der Waals surface area contributed by atoms with Gasteiger partial charge in [0.25, 0.3) is 5.91 Å². The Morgan fingerprint density at radius 3 is 1.24 bits per heavy atom. The fourth-order valence-corrected chi connectivity index (χ4v) is 10.8. The Morgan fingerprint density at radius 1 is 0.455 bits per heavy atom. The lowest BCUT2D eigenvalue weighted by Gasteiger charge is -2.39. The topological polar surface area (TPSA) is 296 Å². The Bertz CT molecular complexity index is 2450. The van der Waals surface area contributed by atoms with Crippen molar-refractivity contribution in [3.8, 4) is 0 Å². The van der Waals surface area contributed by atoms with Gasteiger partial charge in [-0.25, -0.2) is 0 Å². The third-order valence-corrected chi connectivity index (χ3v) is 16.2. The molecule has 0 radical (unpaired) electrons. The van der Waals surface area contributed by atoms with E-state index >= 15 is 4.79 Å². The molecule has 1 fully saturated rings. The molecular weight excluding hydrogens is 1130 g/mol. The van der Waals surface area contributed by atoms with E-state index < -0.39 is 150 Å². The summed E-state index contributed by atoms with van der Waals surface area (Å²) in [5, 5.41) is 22.8. The van der Waals surface area contributed by atoms with Crippen molar-refractivity contribution in [2.24, 2.45) is 41.4 Å². The summed E-state index contributed by atoms with van der Waals surface area (Å²) < 4.78 is 0. The number of nitrogens with one attached hydrogen (secondary N) is 4. The molecule has 88 heavy (non-hydrogen) atoms. The molecule has 1 aliphatic rings. The number of carbonyl (C=O) groups excluding carboxylic acids is 12.